The predicted molar refractivity (Wildman–Crippen MR) is 138 cm³/mol. The monoisotopic (exact) mass is 515 g/mol. The van der Waals surface area contributed by atoms with Crippen molar-refractivity contribution in [3.8, 4) is 28.5 Å². The van der Waals surface area contributed by atoms with E-state index in [1.807, 2.05) is 28.4 Å². The van der Waals surface area contributed by atoms with Crippen molar-refractivity contribution in [3.63, 3.8) is 0 Å². The van der Waals surface area contributed by atoms with Gasteiger partial charge < -0.3 is 24.5 Å². The Kier molecular flexibility index (Phi) is 6.34. The summed E-state index contributed by atoms with van der Waals surface area (Å²) in [4.78, 5) is 12.7. The maximum Gasteiger partial charge on any atom is 0.164 e. The van der Waals surface area contributed by atoms with Crippen molar-refractivity contribution < 1.29 is 18.6 Å². The molecule has 0 bridgehead atoms. The number of aromatic nitrogens is 6. The summed E-state index contributed by atoms with van der Waals surface area (Å²) in [5.74, 6) is 1.14. The Bertz CT molecular complexity index is 1580. The Hall–Kier alpha value is -4.51. The van der Waals surface area contributed by atoms with Crippen molar-refractivity contribution in [2.75, 3.05) is 18.9 Å². The van der Waals surface area contributed by atoms with Gasteiger partial charge in [0.05, 0.1) is 29.6 Å². The number of anilines is 1. The number of halogens is 1. The average molecular weight is 516 g/mol. The smallest absolute Gasteiger partial charge is 0.164 e. The first-order valence-corrected chi connectivity index (χ1v) is 12.3. The van der Waals surface area contributed by atoms with Crippen LogP contribution in [0.5, 0.6) is 17.2 Å². The highest BCUT2D eigenvalue weighted by Crippen LogP contribution is 2.35. The highest BCUT2D eigenvalue weighted by atomic mass is 19.1. The van der Waals surface area contributed by atoms with E-state index in [1.54, 1.807) is 30.7 Å². The molecule has 1 saturated heterocycles. The fourth-order valence-corrected chi connectivity index (χ4v) is 4.56. The van der Waals surface area contributed by atoms with Crippen LogP contribution in [-0.4, -0.2) is 42.5 Å². The molecule has 0 aliphatic carbocycles. The van der Waals surface area contributed by atoms with E-state index in [4.69, 9.17) is 25.0 Å². The zero-order valence-corrected chi connectivity index (χ0v) is 20.7. The van der Waals surface area contributed by atoms with Gasteiger partial charge in [-0.2, -0.15) is 5.10 Å². The van der Waals surface area contributed by atoms with E-state index < -0.39 is 5.82 Å². The number of aryl methyl sites for hydroxylation is 1. The van der Waals surface area contributed by atoms with Crippen LogP contribution in [0.4, 0.5) is 10.2 Å². The highest BCUT2D eigenvalue weighted by Gasteiger charge is 2.24. The molecule has 5 aromatic rings. The quantitative estimate of drug-likeness (QED) is 0.333. The normalized spacial score (nSPS) is 14.2. The van der Waals surface area contributed by atoms with E-state index in [1.165, 1.54) is 18.5 Å². The fourth-order valence-electron chi connectivity index (χ4n) is 4.56. The molecule has 11 heteroatoms. The fraction of sp³-hybridized carbons (Fsp3) is 0.259. The lowest BCUT2D eigenvalue weighted by Gasteiger charge is -2.22. The van der Waals surface area contributed by atoms with Crippen LogP contribution in [0.3, 0.4) is 0 Å². The minimum Gasteiger partial charge on any atom is -0.487 e. The van der Waals surface area contributed by atoms with Gasteiger partial charge in [-0.05, 0) is 37.1 Å². The second-order valence-electron chi connectivity index (χ2n) is 9.13. The average Bonchev–Trinajstić information content (AvgIpc) is 3.52. The summed E-state index contributed by atoms with van der Waals surface area (Å²) in [7, 11) is 1.87. The summed E-state index contributed by atoms with van der Waals surface area (Å²) in [6.07, 6.45) is 6.56. The lowest BCUT2D eigenvalue weighted by Crippen LogP contribution is -2.20. The summed E-state index contributed by atoms with van der Waals surface area (Å²) in [6, 6.07) is 11.8. The van der Waals surface area contributed by atoms with Gasteiger partial charge >= 0.3 is 0 Å². The lowest BCUT2D eigenvalue weighted by atomic mass is 10.1. The number of fused-ring (bicyclic) bond motifs is 1. The van der Waals surface area contributed by atoms with Crippen LogP contribution in [-0.2, 0) is 18.4 Å². The summed E-state index contributed by atoms with van der Waals surface area (Å²) in [6.45, 7) is 1.63. The molecule has 0 unspecified atom stereocenters. The van der Waals surface area contributed by atoms with Crippen molar-refractivity contribution in [2.24, 2.45) is 7.05 Å². The van der Waals surface area contributed by atoms with Gasteiger partial charge in [0.1, 0.15) is 47.5 Å². The van der Waals surface area contributed by atoms with Gasteiger partial charge in [0, 0.05) is 44.0 Å². The second kappa shape index (κ2) is 10.1. The van der Waals surface area contributed by atoms with E-state index in [2.05, 4.69) is 15.0 Å². The molecule has 2 aromatic carbocycles. The third-order valence-corrected chi connectivity index (χ3v) is 6.57. The largest absolute Gasteiger partial charge is 0.487 e. The van der Waals surface area contributed by atoms with E-state index in [0.29, 0.717) is 53.0 Å². The summed E-state index contributed by atoms with van der Waals surface area (Å²) in [5, 5.41) is 5.61. The van der Waals surface area contributed by atoms with Crippen LogP contribution in [0.1, 0.15) is 24.6 Å². The van der Waals surface area contributed by atoms with E-state index in [9.17, 15) is 4.39 Å². The molecule has 0 saturated carbocycles. The van der Waals surface area contributed by atoms with Gasteiger partial charge in [-0.15, -0.1) is 0 Å². The standard InChI is InChI=1S/C27H26FN7O3/c1-34-16-30-13-20(34)14-37-22-10-18(28)11-23(12-22)38-21-4-2-17(3-5-21)25-24-26(29)31-15-32-27(24)35(33-25)19-6-8-36-9-7-19/h2-5,10-13,15-16,19H,6-9,14H2,1H3,(H2,29,31,32). The summed E-state index contributed by atoms with van der Waals surface area (Å²) >= 11 is 0. The third kappa shape index (κ3) is 4.75. The summed E-state index contributed by atoms with van der Waals surface area (Å²) in [5.41, 5.74) is 9.37. The lowest BCUT2D eigenvalue weighted by molar-refractivity contribution is 0.0674. The molecule has 0 atom stereocenters. The number of nitrogen functional groups attached to an aromatic ring is 1. The van der Waals surface area contributed by atoms with Crippen molar-refractivity contribution in [3.05, 3.63) is 72.8 Å². The number of ether oxygens (including phenoxy) is 3. The third-order valence-electron chi connectivity index (χ3n) is 6.57. The minimum absolute atomic E-state index is 0.180. The Morgan fingerprint density at radius 2 is 1.84 bits per heavy atom. The van der Waals surface area contributed by atoms with Crippen molar-refractivity contribution >= 4 is 16.9 Å². The molecular weight excluding hydrogens is 489 g/mol. The highest BCUT2D eigenvalue weighted by molar-refractivity contribution is 5.98. The van der Waals surface area contributed by atoms with E-state index >= 15 is 0 Å². The first-order chi connectivity index (χ1) is 18.5. The molecule has 38 heavy (non-hydrogen) atoms. The SMILES string of the molecule is Cn1cncc1COc1cc(F)cc(Oc2ccc(-c3nn(C4CCOCC4)c4ncnc(N)c34)cc2)c1. The first kappa shape index (κ1) is 23.9. The van der Waals surface area contributed by atoms with Gasteiger partial charge in [-0.25, -0.2) is 24.0 Å². The number of imidazole rings is 1. The number of hydrogen-bond acceptors (Lipinski definition) is 8. The van der Waals surface area contributed by atoms with Crippen molar-refractivity contribution in [2.45, 2.75) is 25.5 Å². The molecule has 1 aliphatic rings. The number of hydrogen-bond donors (Lipinski definition) is 1. The second-order valence-corrected chi connectivity index (χ2v) is 9.13. The molecule has 194 valence electrons. The number of nitrogens with two attached hydrogens (primary N) is 1. The predicted octanol–water partition coefficient (Wildman–Crippen LogP) is 4.67. The Morgan fingerprint density at radius 1 is 1.05 bits per heavy atom. The van der Waals surface area contributed by atoms with Gasteiger partial charge in [0.15, 0.2) is 5.65 Å². The molecule has 3 aromatic heterocycles. The van der Waals surface area contributed by atoms with Crippen LogP contribution in [0.25, 0.3) is 22.3 Å². The number of benzene rings is 2. The molecule has 10 nitrogen and oxygen atoms in total. The number of rotatable bonds is 7. The molecule has 2 N–H and O–H groups in total. The van der Waals surface area contributed by atoms with E-state index in [0.717, 1.165) is 24.1 Å². The number of nitrogens with zero attached hydrogens (tertiary/aromatic N) is 6. The molecule has 0 spiro atoms. The van der Waals surface area contributed by atoms with Gasteiger partial charge in [0.25, 0.3) is 0 Å². The zero-order chi connectivity index (χ0) is 26.1. The Morgan fingerprint density at radius 3 is 2.61 bits per heavy atom. The molecule has 0 amide bonds. The van der Waals surface area contributed by atoms with Crippen LogP contribution in [0.2, 0.25) is 0 Å². The Labute approximate surface area is 217 Å². The maximum absolute atomic E-state index is 14.3. The van der Waals surface area contributed by atoms with E-state index in [-0.39, 0.29) is 12.6 Å². The van der Waals surface area contributed by atoms with Gasteiger partial charge in [0.2, 0.25) is 0 Å². The van der Waals surface area contributed by atoms with Crippen molar-refractivity contribution in [1.82, 2.24) is 29.3 Å². The minimum atomic E-state index is -0.459. The topological polar surface area (TPSA) is 115 Å². The van der Waals surface area contributed by atoms with Gasteiger partial charge in [-0.3, -0.25) is 0 Å². The van der Waals surface area contributed by atoms with Crippen LogP contribution in [0, 0.1) is 5.82 Å². The Balaban J connectivity index is 1.24. The van der Waals surface area contributed by atoms with Crippen LogP contribution >= 0.6 is 0 Å². The molecule has 1 aliphatic heterocycles. The molecule has 0 radical (unpaired) electrons. The first-order valence-electron chi connectivity index (χ1n) is 12.3. The molecule has 4 heterocycles. The zero-order valence-electron chi connectivity index (χ0n) is 20.7. The molecule has 1 fully saturated rings. The molecular formula is C27H26FN7O3. The molecule has 6 rings (SSSR count). The summed E-state index contributed by atoms with van der Waals surface area (Å²) < 4.78 is 35.3. The van der Waals surface area contributed by atoms with Crippen molar-refractivity contribution in [1.29, 1.82) is 0 Å². The van der Waals surface area contributed by atoms with Gasteiger partial charge in [-0.1, -0.05) is 0 Å². The maximum atomic E-state index is 14.3. The van der Waals surface area contributed by atoms with Crippen LogP contribution < -0.4 is 15.2 Å². The van der Waals surface area contributed by atoms with Crippen LogP contribution in [0.15, 0.2) is 61.3 Å².